The van der Waals surface area contributed by atoms with Crippen LogP contribution >= 0.6 is 17.0 Å². The van der Waals surface area contributed by atoms with Gasteiger partial charge in [0.25, 0.3) is 0 Å². The van der Waals surface area contributed by atoms with Crippen molar-refractivity contribution in [2.45, 2.75) is 79.1 Å². The average molecular weight is 433 g/mol. The molecule has 2 aliphatic rings. The zero-order valence-electron chi connectivity index (χ0n) is 15.1. The van der Waals surface area contributed by atoms with Gasteiger partial charge in [0.2, 0.25) is 0 Å². The van der Waals surface area contributed by atoms with E-state index < -0.39 is 20.8 Å². The van der Waals surface area contributed by atoms with Crippen LogP contribution in [0.25, 0.3) is 0 Å². The summed E-state index contributed by atoms with van der Waals surface area (Å²) in [7, 11) is 9.87. The van der Waals surface area contributed by atoms with E-state index in [1.165, 1.54) is 60.8 Å². The summed E-state index contributed by atoms with van der Waals surface area (Å²) in [5.74, 6) is 0. The number of allylic oxidation sites excluding steroid dienone is 8. The van der Waals surface area contributed by atoms with Crippen molar-refractivity contribution < 1.29 is 20.8 Å². The van der Waals surface area contributed by atoms with Gasteiger partial charge >= 0.3 is 37.9 Å². The monoisotopic (exact) mass is 430 g/mol. The Kier molecular flexibility index (Phi) is 16.2. The second-order valence-corrected chi connectivity index (χ2v) is 9.63. The van der Waals surface area contributed by atoms with Crippen LogP contribution in [-0.4, -0.2) is 0 Å². The van der Waals surface area contributed by atoms with Crippen molar-refractivity contribution >= 4 is 17.0 Å². The van der Waals surface area contributed by atoms with Crippen LogP contribution in [0.15, 0.2) is 34.4 Å². The van der Waals surface area contributed by atoms with Gasteiger partial charge in [-0.3, -0.25) is 12.2 Å². The molecule has 0 bridgehead atoms. The summed E-state index contributed by atoms with van der Waals surface area (Å²) >= 11 is -0.826. The number of halogens is 2. The van der Waals surface area contributed by atoms with Gasteiger partial charge in [-0.2, -0.15) is 12.2 Å². The number of rotatable bonds is 6. The Morgan fingerprint density at radius 3 is 1.43 bits per heavy atom. The predicted octanol–water partition coefficient (Wildman–Crippen LogP) is 7.89. The minimum atomic E-state index is -0.826. The molecule has 0 heterocycles. The maximum absolute atomic E-state index is 4.93. The van der Waals surface area contributed by atoms with Crippen molar-refractivity contribution in [3.05, 3.63) is 46.6 Å². The van der Waals surface area contributed by atoms with Crippen LogP contribution in [0.3, 0.4) is 0 Å². The van der Waals surface area contributed by atoms with Crippen molar-refractivity contribution in [1.29, 1.82) is 0 Å². The first-order valence-corrected chi connectivity index (χ1v) is 14.9. The molecule has 0 aliphatic heterocycles. The van der Waals surface area contributed by atoms with E-state index >= 15 is 0 Å². The first kappa shape index (κ1) is 23.4. The van der Waals surface area contributed by atoms with Gasteiger partial charge in [0.1, 0.15) is 0 Å². The van der Waals surface area contributed by atoms with Gasteiger partial charge < -0.3 is 0 Å². The molecule has 2 rings (SSSR count). The van der Waals surface area contributed by atoms with Crippen molar-refractivity contribution in [1.82, 2.24) is 0 Å². The van der Waals surface area contributed by atoms with E-state index in [4.69, 9.17) is 17.0 Å². The van der Waals surface area contributed by atoms with Crippen LogP contribution in [-0.2, 0) is 20.8 Å². The third-order valence-electron chi connectivity index (χ3n) is 3.96. The molecule has 0 aromatic carbocycles. The quantitative estimate of drug-likeness (QED) is 0.374. The fourth-order valence-electron chi connectivity index (χ4n) is 2.43. The van der Waals surface area contributed by atoms with E-state index in [0.29, 0.717) is 0 Å². The molecule has 23 heavy (non-hydrogen) atoms. The Balaban J connectivity index is 0.000000360. The first-order chi connectivity index (χ1) is 11.1. The van der Waals surface area contributed by atoms with Gasteiger partial charge in [-0.15, -0.1) is 13.8 Å². The summed E-state index contributed by atoms with van der Waals surface area (Å²) in [4.78, 5) is 0. The van der Waals surface area contributed by atoms with Gasteiger partial charge in [0, 0.05) is 0 Å². The van der Waals surface area contributed by atoms with Crippen LogP contribution in [0.2, 0.25) is 0 Å². The zero-order valence-corrected chi connectivity index (χ0v) is 19.0. The van der Waals surface area contributed by atoms with Crippen molar-refractivity contribution in [3.8, 4) is 0 Å². The number of unbranched alkanes of at least 4 members (excludes halogenated alkanes) is 2. The Bertz CT molecular complexity index is 391. The van der Waals surface area contributed by atoms with Gasteiger partial charge in [0.15, 0.2) is 0 Å². The van der Waals surface area contributed by atoms with Gasteiger partial charge in [-0.1, -0.05) is 65.2 Å². The molecule has 0 unspecified atom stereocenters. The second-order valence-electron chi connectivity index (χ2n) is 5.90. The van der Waals surface area contributed by atoms with Crippen LogP contribution in [0, 0.1) is 12.2 Å². The summed E-state index contributed by atoms with van der Waals surface area (Å²) < 4.78 is 0. The predicted molar refractivity (Wildman–Crippen MR) is 101 cm³/mol. The van der Waals surface area contributed by atoms with E-state index in [-0.39, 0.29) is 0 Å². The number of hydrogen-bond donors (Lipinski definition) is 0. The summed E-state index contributed by atoms with van der Waals surface area (Å²) in [6.07, 6.45) is 20.8. The fraction of sp³-hybridized carbons (Fsp3) is 0.600. The van der Waals surface area contributed by atoms with Crippen LogP contribution in [0.1, 0.15) is 79.1 Å². The Hall–Kier alpha value is 0.423. The Labute approximate surface area is 162 Å². The standard InChI is InChI=1S/2C10H15.2ClH.Zr/c2*1-3-4-7-10-8-5-6-9(10)2;;;/h2*5H,3-4,6-7H2,1-2H3;2*1H;/q2*-1;;;+4/p-2. The molecular formula is C20H30Cl2Zr. The molecule has 0 spiro atoms. The molecule has 0 nitrogen and oxygen atoms in total. The van der Waals surface area contributed by atoms with Crippen molar-refractivity contribution in [2.75, 3.05) is 0 Å². The topological polar surface area (TPSA) is 0 Å². The Morgan fingerprint density at radius 2 is 1.22 bits per heavy atom. The molecule has 0 aromatic rings. The van der Waals surface area contributed by atoms with Gasteiger partial charge in [-0.05, 0) is 0 Å². The third-order valence-corrected chi connectivity index (χ3v) is 3.96. The van der Waals surface area contributed by atoms with E-state index in [0.717, 1.165) is 12.8 Å². The molecule has 0 radical (unpaired) electrons. The second kappa shape index (κ2) is 15.9. The summed E-state index contributed by atoms with van der Waals surface area (Å²) in [6.45, 7) is 8.88. The van der Waals surface area contributed by atoms with Crippen LogP contribution < -0.4 is 0 Å². The SMILES string of the molecule is CCCCC1=C(C)CC=[C-]1.CCCCC1=C(C)CC=[C-]1.[Cl][Zr+2][Cl]. The molecule has 0 N–H and O–H groups in total. The van der Waals surface area contributed by atoms with Crippen molar-refractivity contribution in [2.24, 2.45) is 0 Å². The summed E-state index contributed by atoms with van der Waals surface area (Å²) in [5, 5.41) is 0. The summed E-state index contributed by atoms with van der Waals surface area (Å²) in [6, 6.07) is 0. The third kappa shape index (κ3) is 11.6. The molecule has 0 amide bonds. The minimum absolute atomic E-state index is 0.826. The molecule has 128 valence electrons. The molecule has 0 aromatic heterocycles. The van der Waals surface area contributed by atoms with Crippen LogP contribution in [0.4, 0.5) is 0 Å². The van der Waals surface area contributed by atoms with E-state index in [1.54, 1.807) is 0 Å². The first-order valence-electron chi connectivity index (χ1n) is 8.60. The molecular weight excluding hydrogens is 402 g/mol. The normalized spacial score (nSPS) is 15.2. The molecule has 0 saturated carbocycles. The van der Waals surface area contributed by atoms with Gasteiger partial charge in [0.05, 0.1) is 0 Å². The van der Waals surface area contributed by atoms with E-state index in [2.05, 4.69) is 52.0 Å². The van der Waals surface area contributed by atoms with E-state index in [1.807, 2.05) is 0 Å². The number of hydrogen-bond acceptors (Lipinski definition) is 0. The molecule has 3 heteroatoms. The summed E-state index contributed by atoms with van der Waals surface area (Å²) in [5.41, 5.74) is 5.96. The molecule has 0 saturated heterocycles. The van der Waals surface area contributed by atoms with Crippen molar-refractivity contribution in [3.63, 3.8) is 0 Å². The zero-order chi connectivity index (χ0) is 17.5. The maximum atomic E-state index is 4.93. The fourth-order valence-corrected chi connectivity index (χ4v) is 2.43. The van der Waals surface area contributed by atoms with E-state index in [9.17, 15) is 0 Å². The average Bonchev–Trinajstić information content (AvgIpc) is 3.13. The molecule has 0 fully saturated rings. The van der Waals surface area contributed by atoms with Gasteiger partial charge in [-0.25, -0.2) is 22.3 Å². The Morgan fingerprint density at radius 1 is 0.870 bits per heavy atom. The van der Waals surface area contributed by atoms with Crippen LogP contribution in [0.5, 0.6) is 0 Å². The molecule has 0 atom stereocenters. The molecule has 2 aliphatic carbocycles.